The molecule has 0 atom stereocenters. The van der Waals surface area contributed by atoms with E-state index in [9.17, 15) is 5.11 Å². The van der Waals surface area contributed by atoms with Gasteiger partial charge in [0.15, 0.2) is 0 Å². The lowest BCUT2D eigenvalue weighted by atomic mass is 10.1. The first-order valence-electron chi connectivity index (χ1n) is 5.41. The minimum atomic E-state index is -1.02. The molecule has 0 aliphatic carbocycles. The number of hydrogen-bond acceptors (Lipinski definition) is 3. The van der Waals surface area contributed by atoms with Crippen LogP contribution in [0.15, 0.2) is 30.5 Å². The molecule has 1 aromatic heterocycles. The van der Waals surface area contributed by atoms with E-state index in [0.29, 0.717) is 22.0 Å². The van der Waals surface area contributed by atoms with E-state index >= 15 is 0 Å². The Morgan fingerprint density at radius 1 is 1.39 bits per heavy atom. The number of halogens is 1. The Morgan fingerprint density at radius 3 is 2.67 bits per heavy atom. The Hall–Kier alpha value is -1.83. The van der Waals surface area contributed by atoms with Gasteiger partial charge >= 0.3 is 0 Å². The number of aromatic nitrogens is 2. The van der Waals surface area contributed by atoms with Crippen molar-refractivity contribution in [2.75, 3.05) is 0 Å². The predicted octanol–water partition coefficient (Wildman–Crippen LogP) is 2.62. The fourth-order valence-electron chi connectivity index (χ4n) is 1.60. The smallest absolute Gasteiger partial charge is 0.103 e. The lowest BCUT2D eigenvalue weighted by Crippen LogP contribution is -2.16. The molecule has 5 heteroatoms. The maximum Gasteiger partial charge on any atom is 0.103 e. The van der Waals surface area contributed by atoms with Crippen LogP contribution >= 0.6 is 11.6 Å². The van der Waals surface area contributed by atoms with E-state index in [1.165, 1.54) is 4.68 Å². The van der Waals surface area contributed by atoms with E-state index in [4.69, 9.17) is 16.9 Å². The molecule has 4 nitrogen and oxygen atoms in total. The van der Waals surface area contributed by atoms with E-state index < -0.39 is 5.60 Å². The average Bonchev–Trinajstić information content (AvgIpc) is 2.77. The second kappa shape index (κ2) is 4.45. The fourth-order valence-corrected chi connectivity index (χ4v) is 1.81. The maximum atomic E-state index is 9.86. The molecule has 92 valence electrons. The van der Waals surface area contributed by atoms with Crippen molar-refractivity contribution in [3.63, 3.8) is 0 Å². The zero-order chi connectivity index (χ0) is 13.3. The van der Waals surface area contributed by atoms with Crippen molar-refractivity contribution in [2.24, 2.45) is 0 Å². The number of hydrogen-bond donors (Lipinski definition) is 1. The molecule has 1 N–H and O–H groups in total. The van der Waals surface area contributed by atoms with Crippen LogP contribution in [0, 0.1) is 11.3 Å². The largest absolute Gasteiger partial charge is 0.384 e. The third kappa shape index (κ3) is 2.23. The van der Waals surface area contributed by atoms with Gasteiger partial charge in [-0.25, -0.2) is 4.68 Å². The second-order valence-corrected chi connectivity index (χ2v) is 4.86. The van der Waals surface area contributed by atoms with E-state index in [1.54, 1.807) is 44.3 Å². The Kier molecular flexibility index (Phi) is 3.12. The molecule has 0 radical (unpaired) electrons. The van der Waals surface area contributed by atoms with Gasteiger partial charge in [0.25, 0.3) is 0 Å². The lowest BCUT2D eigenvalue weighted by molar-refractivity contribution is 0.0734. The summed E-state index contributed by atoms with van der Waals surface area (Å²) in [5.74, 6) is 0. The summed E-state index contributed by atoms with van der Waals surface area (Å²) in [5, 5.41) is 23.6. The van der Waals surface area contributed by atoms with Crippen LogP contribution in [0.3, 0.4) is 0 Å². The highest BCUT2D eigenvalue weighted by atomic mass is 35.5. The maximum absolute atomic E-state index is 9.86. The standard InChI is InChI=1S/C13H12ClN3O/c1-13(2,18)12-6-7-17(16-12)11-5-3-4-10(14)9(11)8-15/h3-7,18H,1-2H3. The van der Waals surface area contributed by atoms with Gasteiger partial charge in [0.05, 0.1) is 22.0 Å². The molecule has 0 fully saturated rings. The normalized spacial score (nSPS) is 11.3. The third-order valence-electron chi connectivity index (χ3n) is 2.57. The summed E-state index contributed by atoms with van der Waals surface area (Å²) in [5.41, 5.74) is 0.479. The highest BCUT2D eigenvalue weighted by molar-refractivity contribution is 6.32. The van der Waals surface area contributed by atoms with Crippen molar-refractivity contribution in [3.8, 4) is 11.8 Å². The third-order valence-corrected chi connectivity index (χ3v) is 2.88. The number of benzene rings is 1. The van der Waals surface area contributed by atoms with Crippen molar-refractivity contribution >= 4 is 11.6 Å². The van der Waals surface area contributed by atoms with Gasteiger partial charge in [-0.05, 0) is 32.0 Å². The summed E-state index contributed by atoms with van der Waals surface area (Å²) in [4.78, 5) is 0. The zero-order valence-electron chi connectivity index (χ0n) is 10.1. The molecule has 0 bridgehead atoms. The van der Waals surface area contributed by atoms with Gasteiger partial charge in [-0.1, -0.05) is 17.7 Å². The van der Waals surface area contributed by atoms with Gasteiger partial charge in [-0.15, -0.1) is 0 Å². The van der Waals surface area contributed by atoms with Crippen LogP contribution in [0.25, 0.3) is 5.69 Å². The van der Waals surface area contributed by atoms with Crippen LogP contribution in [0.2, 0.25) is 5.02 Å². The number of nitriles is 1. The van der Waals surface area contributed by atoms with Gasteiger partial charge in [0, 0.05) is 6.20 Å². The Morgan fingerprint density at radius 2 is 2.11 bits per heavy atom. The predicted molar refractivity (Wildman–Crippen MR) is 68.5 cm³/mol. The summed E-state index contributed by atoms with van der Waals surface area (Å²) in [6.45, 7) is 3.31. The second-order valence-electron chi connectivity index (χ2n) is 4.45. The molecule has 18 heavy (non-hydrogen) atoms. The molecule has 0 aliphatic heterocycles. The van der Waals surface area contributed by atoms with Gasteiger partial charge in [-0.2, -0.15) is 10.4 Å². The van der Waals surface area contributed by atoms with Gasteiger partial charge in [0.2, 0.25) is 0 Å². The fraction of sp³-hybridized carbons (Fsp3) is 0.231. The average molecular weight is 262 g/mol. The summed E-state index contributed by atoms with van der Waals surface area (Å²) in [7, 11) is 0. The molecular formula is C13H12ClN3O. The Balaban J connectivity index is 2.54. The molecule has 0 aliphatic rings. The first kappa shape index (κ1) is 12.6. The molecule has 0 amide bonds. The highest BCUT2D eigenvalue weighted by Crippen LogP contribution is 2.24. The Bertz CT molecular complexity index is 620. The van der Waals surface area contributed by atoms with E-state index in [1.807, 2.05) is 0 Å². The summed E-state index contributed by atoms with van der Waals surface area (Å²) in [6, 6.07) is 8.93. The van der Waals surface area contributed by atoms with E-state index in [-0.39, 0.29) is 0 Å². The minimum absolute atomic E-state index is 0.365. The molecule has 0 spiro atoms. The van der Waals surface area contributed by atoms with Crippen LogP contribution in [-0.4, -0.2) is 14.9 Å². The molecule has 0 saturated carbocycles. The number of aliphatic hydroxyl groups is 1. The quantitative estimate of drug-likeness (QED) is 0.904. The van der Waals surface area contributed by atoms with Crippen molar-refractivity contribution in [3.05, 3.63) is 46.7 Å². The zero-order valence-corrected chi connectivity index (χ0v) is 10.8. The monoisotopic (exact) mass is 261 g/mol. The van der Waals surface area contributed by atoms with E-state index in [0.717, 1.165) is 0 Å². The first-order valence-corrected chi connectivity index (χ1v) is 5.79. The number of nitrogens with zero attached hydrogens (tertiary/aromatic N) is 3. The van der Waals surface area contributed by atoms with Crippen molar-refractivity contribution in [1.29, 1.82) is 5.26 Å². The van der Waals surface area contributed by atoms with Gasteiger partial charge < -0.3 is 5.11 Å². The highest BCUT2D eigenvalue weighted by Gasteiger charge is 2.20. The van der Waals surface area contributed by atoms with Crippen molar-refractivity contribution in [1.82, 2.24) is 9.78 Å². The minimum Gasteiger partial charge on any atom is -0.384 e. The molecule has 2 aromatic rings. The van der Waals surface area contributed by atoms with Crippen molar-refractivity contribution < 1.29 is 5.11 Å². The molecule has 0 unspecified atom stereocenters. The lowest BCUT2D eigenvalue weighted by Gasteiger charge is -2.13. The topological polar surface area (TPSA) is 61.8 Å². The molecule has 1 aromatic carbocycles. The Labute approximate surface area is 110 Å². The van der Waals surface area contributed by atoms with Gasteiger partial charge in [0.1, 0.15) is 11.7 Å². The van der Waals surface area contributed by atoms with E-state index in [2.05, 4.69) is 11.2 Å². The number of rotatable bonds is 2. The molecule has 2 rings (SSSR count). The molecule has 1 heterocycles. The van der Waals surface area contributed by atoms with Crippen LogP contribution in [0.1, 0.15) is 25.1 Å². The van der Waals surface area contributed by atoms with Crippen LogP contribution < -0.4 is 0 Å². The summed E-state index contributed by atoms with van der Waals surface area (Å²) in [6.07, 6.45) is 1.69. The van der Waals surface area contributed by atoms with Crippen LogP contribution in [0.5, 0.6) is 0 Å². The van der Waals surface area contributed by atoms with Crippen molar-refractivity contribution in [2.45, 2.75) is 19.4 Å². The molecule has 0 saturated heterocycles. The SMILES string of the molecule is CC(C)(O)c1ccn(-c2cccc(Cl)c2C#N)n1. The van der Waals surface area contributed by atoms with Crippen LogP contribution in [-0.2, 0) is 5.60 Å². The first-order chi connectivity index (χ1) is 8.43. The summed E-state index contributed by atoms with van der Waals surface area (Å²) < 4.78 is 1.54. The van der Waals surface area contributed by atoms with Gasteiger partial charge in [-0.3, -0.25) is 0 Å². The molecular weight excluding hydrogens is 250 g/mol. The summed E-state index contributed by atoms with van der Waals surface area (Å²) >= 11 is 5.96. The van der Waals surface area contributed by atoms with Crippen LogP contribution in [0.4, 0.5) is 0 Å².